The molecular weight excluding hydrogens is 778 g/mol. The standard InChI is InChI=1S/C22H16F9.C10H12SSi.2ClH.Zr/c1-12(2)15-10-14-4-3-5-17(18(14)11-15)13-6-8-16(9-7-13)19(20(23,24)25,21(26,27)28)22(29,30)31;1-6-9-7-4-5-11-8(7)10(6)12(9,2)3;;;/h3-12H,1-2H3;4-5,10H,1-3H3;2*1H;/q;;;;+2/p-2. The molecule has 0 amide bonds. The zero-order valence-corrected chi connectivity index (χ0v) is 30.9. The summed E-state index contributed by atoms with van der Waals surface area (Å²) in [5.41, 5.74) is -0.0414. The van der Waals surface area contributed by atoms with Gasteiger partial charge in [-0.1, -0.05) is 23.9 Å². The Bertz CT molecular complexity index is 1630. The Morgan fingerprint density at radius 2 is 1.33 bits per heavy atom. The van der Waals surface area contributed by atoms with Gasteiger partial charge in [-0.3, -0.25) is 0 Å². The van der Waals surface area contributed by atoms with Crippen LogP contribution in [0.5, 0.6) is 0 Å². The minimum absolute atomic E-state index is 0. The summed E-state index contributed by atoms with van der Waals surface area (Å²) < 4.78 is 121. The van der Waals surface area contributed by atoms with Gasteiger partial charge in [0.15, 0.2) is 0 Å². The molecule has 0 radical (unpaired) electrons. The maximum atomic E-state index is 13.4. The van der Waals surface area contributed by atoms with Crippen LogP contribution >= 0.6 is 11.3 Å². The summed E-state index contributed by atoms with van der Waals surface area (Å²) in [7, 11) is -0.972. The Morgan fingerprint density at radius 1 is 0.783 bits per heavy atom. The Balaban J connectivity index is 0.000000341. The van der Waals surface area contributed by atoms with Gasteiger partial charge >= 0.3 is 193 Å². The van der Waals surface area contributed by atoms with Crippen molar-refractivity contribution in [3.05, 3.63) is 92.2 Å². The molecule has 1 aromatic heterocycles. The van der Waals surface area contributed by atoms with E-state index in [1.54, 1.807) is 33.3 Å². The van der Waals surface area contributed by atoms with Gasteiger partial charge < -0.3 is 24.8 Å². The Labute approximate surface area is 294 Å². The normalized spacial score (nSPS) is 19.7. The van der Waals surface area contributed by atoms with E-state index in [0.717, 1.165) is 34.4 Å². The second-order valence-electron chi connectivity index (χ2n) is 12.3. The van der Waals surface area contributed by atoms with Crippen LogP contribution in [0.3, 0.4) is 0 Å². The van der Waals surface area contributed by atoms with Gasteiger partial charge in [-0.2, -0.15) is 0 Å². The van der Waals surface area contributed by atoms with E-state index < -0.39 is 37.6 Å². The van der Waals surface area contributed by atoms with E-state index >= 15 is 0 Å². The predicted octanol–water partition coefficient (Wildman–Crippen LogP) is 5.35. The van der Waals surface area contributed by atoms with Crippen LogP contribution in [0.1, 0.15) is 57.1 Å². The molecule has 0 saturated heterocycles. The number of alkyl halides is 9. The quantitative estimate of drug-likeness (QED) is 0.248. The summed E-state index contributed by atoms with van der Waals surface area (Å²) in [5.74, 6) is 0.230. The SMILES string of the molecule is CC(C)C1=Cc2c(-c3ccc(C(C(F)(F)F)(C(F)(F)F)C(F)(F)F)cc3)cccc2[CH]1[Zr+2].CC1=C2c3ccsc3C1[Si]2(C)C.[Cl-].[Cl-]. The van der Waals surface area contributed by atoms with Crippen molar-refractivity contribution in [1.29, 1.82) is 0 Å². The van der Waals surface area contributed by atoms with Gasteiger partial charge in [-0.25, -0.2) is 0 Å². The molecule has 14 heteroatoms. The van der Waals surface area contributed by atoms with Crippen molar-refractivity contribution in [3.8, 4) is 11.1 Å². The first-order valence-corrected chi connectivity index (χ1v) is 19.2. The molecule has 0 spiro atoms. The molecule has 46 heavy (non-hydrogen) atoms. The predicted molar refractivity (Wildman–Crippen MR) is 154 cm³/mol. The molecule has 2 aliphatic heterocycles. The molecule has 2 bridgehead atoms. The summed E-state index contributed by atoms with van der Waals surface area (Å²) in [5, 5.41) is 4.01. The minimum atomic E-state index is -6.63. The van der Waals surface area contributed by atoms with Crippen LogP contribution in [0.15, 0.2) is 65.1 Å². The Hall–Kier alpha value is -1.33. The first-order valence-electron chi connectivity index (χ1n) is 13.8. The average Bonchev–Trinajstić information content (AvgIpc) is 3.59. The van der Waals surface area contributed by atoms with E-state index in [1.807, 2.05) is 37.3 Å². The summed E-state index contributed by atoms with van der Waals surface area (Å²) in [6, 6.07) is 9.84. The van der Waals surface area contributed by atoms with E-state index in [9.17, 15) is 39.5 Å². The van der Waals surface area contributed by atoms with Crippen molar-refractivity contribution >= 4 is 30.7 Å². The monoisotopic (exact) mass is 803 g/mol. The third kappa shape index (κ3) is 5.73. The summed E-state index contributed by atoms with van der Waals surface area (Å²) in [6.07, 6.45) is -18.0. The fourth-order valence-electron chi connectivity index (χ4n) is 7.15. The first-order chi connectivity index (χ1) is 20.2. The van der Waals surface area contributed by atoms with E-state index in [4.69, 9.17) is 0 Å². The van der Waals surface area contributed by atoms with Crippen molar-refractivity contribution in [2.24, 2.45) is 5.92 Å². The van der Waals surface area contributed by atoms with Gasteiger partial charge in [0, 0.05) is 10.4 Å². The largest absolute Gasteiger partial charge is 1.00 e. The van der Waals surface area contributed by atoms with Gasteiger partial charge in [-0.15, -0.1) is 11.3 Å². The van der Waals surface area contributed by atoms with Crippen molar-refractivity contribution in [1.82, 2.24) is 0 Å². The van der Waals surface area contributed by atoms with E-state index in [-0.39, 0.29) is 52.1 Å². The van der Waals surface area contributed by atoms with E-state index in [2.05, 4.69) is 31.5 Å². The summed E-state index contributed by atoms with van der Waals surface area (Å²) in [4.78, 5) is 1.68. The second kappa shape index (κ2) is 12.8. The summed E-state index contributed by atoms with van der Waals surface area (Å²) in [6.45, 7) is 11.4. The van der Waals surface area contributed by atoms with Crippen molar-refractivity contribution < 1.29 is 89.0 Å². The van der Waals surface area contributed by atoms with Crippen molar-refractivity contribution in [3.63, 3.8) is 0 Å². The molecule has 0 N–H and O–H groups in total. The fraction of sp³-hybridized carbons (Fsp3) is 0.375. The second-order valence-corrected chi connectivity index (χ2v) is 19.2. The molecule has 2 atom stereocenters. The number of fused-ring (bicyclic) bond motifs is 1. The number of thiophene rings is 1. The number of halogens is 11. The molecule has 3 heterocycles. The van der Waals surface area contributed by atoms with Gasteiger partial charge in [0.05, 0.1) is 8.07 Å². The van der Waals surface area contributed by atoms with Crippen LogP contribution < -0.4 is 24.8 Å². The van der Waals surface area contributed by atoms with Gasteiger partial charge in [-0.05, 0) is 23.9 Å². The molecule has 2 unspecified atom stereocenters. The molecule has 4 aliphatic rings. The fourth-order valence-corrected chi connectivity index (χ4v) is 15.1. The third-order valence-electron chi connectivity index (χ3n) is 9.09. The number of allylic oxidation sites excluding steroid dienone is 2. The number of hydrogen-bond donors (Lipinski definition) is 0. The minimum Gasteiger partial charge on any atom is -1.00 e. The van der Waals surface area contributed by atoms with Crippen LogP contribution in [-0.2, 0) is 30.1 Å². The Kier molecular flexibility index (Phi) is 10.9. The maximum Gasteiger partial charge on any atom is 0.0941 e. The third-order valence-corrected chi connectivity index (χ3v) is 16.0. The van der Waals surface area contributed by atoms with E-state index in [1.165, 1.54) is 24.7 Å². The van der Waals surface area contributed by atoms with Gasteiger partial charge in [0.1, 0.15) is 0 Å². The Morgan fingerprint density at radius 3 is 1.78 bits per heavy atom. The first kappa shape index (κ1) is 39.1. The topological polar surface area (TPSA) is 0 Å². The average molecular weight is 806 g/mol. The zero-order valence-electron chi connectivity index (χ0n) is 25.1. The molecule has 2 aliphatic carbocycles. The maximum absolute atomic E-state index is 13.4. The molecule has 0 saturated carbocycles. The van der Waals surface area contributed by atoms with Crippen LogP contribution in [0, 0.1) is 5.92 Å². The molecule has 7 rings (SSSR count). The number of benzene rings is 2. The molecule has 0 fully saturated rings. The zero-order chi connectivity index (χ0) is 32.8. The molecule has 2 aromatic carbocycles. The molecule has 3 aromatic rings. The van der Waals surface area contributed by atoms with Gasteiger partial charge in [0.2, 0.25) is 0 Å². The summed E-state index contributed by atoms with van der Waals surface area (Å²) >= 11 is 3.18. The number of hydrogen-bond acceptors (Lipinski definition) is 1. The molecular formula is C32H28Cl2F9SSiZr. The number of rotatable bonds is 3. The van der Waals surface area contributed by atoms with Crippen molar-refractivity contribution in [2.45, 2.75) is 67.0 Å². The van der Waals surface area contributed by atoms with Crippen LogP contribution in [-0.4, -0.2) is 26.6 Å². The van der Waals surface area contributed by atoms with E-state index in [0.29, 0.717) is 5.56 Å². The molecule has 0 nitrogen and oxygen atoms in total. The van der Waals surface area contributed by atoms with Crippen LogP contribution in [0.2, 0.25) is 13.1 Å². The van der Waals surface area contributed by atoms with Crippen LogP contribution in [0.4, 0.5) is 39.5 Å². The van der Waals surface area contributed by atoms with Crippen LogP contribution in [0.25, 0.3) is 22.4 Å². The van der Waals surface area contributed by atoms with Gasteiger partial charge in [0.25, 0.3) is 0 Å². The van der Waals surface area contributed by atoms with Crippen molar-refractivity contribution in [2.75, 3.05) is 0 Å². The molecule has 247 valence electrons. The smallest absolute Gasteiger partial charge is 0.0941 e.